The lowest BCUT2D eigenvalue weighted by Crippen LogP contribution is -2.01. The maximum atomic E-state index is 5.64. The van der Waals surface area contributed by atoms with Gasteiger partial charge in [0.2, 0.25) is 5.95 Å². The zero-order valence-electron chi connectivity index (χ0n) is 8.24. The standard InChI is InChI=1S/C11H10IN3/c1-7-9(12)10(15-11(13)14-7)8-5-3-2-4-6-8/h2-6H,1H3,(H2,13,14,15). The van der Waals surface area contributed by atoms with Crippen LogP contribution in [0.4, 0.5) is 5.95 Å². The molecule has 15 heavy (non-hydrogen) atoms. The van der Waals surface area contributed by atoms with E-state index in [9.17, 15) is 0 Å². The zero-order valence-corrected chi connectivity index (χ0v) is 10.4. The molecule has 0 unspecified atom stereocenters. The smallest absolute Gasteiger partial charge is 0.220 e. The highest BCUT2D eigenvalue weighted by Gasteiger charge is 2.09. The Morgan fingerprint density at radius 3 is 2.47 bits per heavy atom. The summed E-state index contributed by atoms with van der Waals surface area (Å²) >= 11 is 2.24. The lowest BCUT2D eigenvalue weighted by molar-refractivity contribution is 1.10. The summed E-state index contributed by atoms with van der Waals surface area (Å²) in [5.74, 6) is 0.326. The van der Waals surface area contributed by atoms with Gasteiger partial charge in [-0.2, -0.15) is 0 Å². The first kappa shape index (κ1) is 10.4. The van der Waals surface area contributed by atoms with Crippen LogP contribution in [0.15, 0.2) is 30.3 Å². The first-order chi connectivity index (χ1) is 7.18. The monoisotopic (exact) mass is 311 g/mol. The van der Waals surface area contributed by atoms with Crippen LogP contribution >= 0.6 is 22.6 Å². The van der Waals surface area contributed by atoms with Gasteiger partial charge in [-0.15, -0.1) is 0 Å². The predicted molar refractivity (Wildman–Crippen MR) is 69.3 cm³/mol. The largest absolute Gasteiger partial charge is 0.368 e. The molecule has 0 saturated heterocycles. The summed E-state index contributed by atoms with van der Waals surface area (Å²) in [4.78, 5) is 8.38. The van der Waals surface area contributed by atoms with E-state index in [4.69, 9.17) is 5.73 Å². The molecule has 76 valence electrons. The van der Waals surface area contributed by atoms with Crippen LogP contribution in [0, 0.1) is 10.5 Å². The molecule has 0 aliphatic rings. The van der Waals surface area contributed by atoms with Gasteiger partial charge in [0.05, 0.1) is 15.0 Å². The van der Waals surface area contributed by atoms with E-state index < -0.39 is 0 Å². The molecule has 0 amide bonds. The predicted octanol–water partition coefficient (Wildman–Crippen LogP) is 2.64. The van der Waals surface area contributed by atoms with Crippen LogP contribution in [0.1, 0.15) is 5.69 Å². The van der Waals surface area contributed by atoms with Crippen molar-refractivity contribution in [1.29, 1.82) is 0 Å². The third kappa shape index (κ3) is 2.09. The van der Waals surface area contributed by atoms with Gasteiger partial charge in [0.25, 0.3) is 0 Å². The molecule has 1 aromatic carbocycles. The average Bonchev–Trinajstić information content (AvgIpc) is 2.24. The van der Waals surface area contributed by atoms with Gasteiger partial charge in [0.15, 0.2) is 0 Å². The Labute approximate surface area is 102 Å². The van der Waals surface area contributed by atoms with Gasteiger partial charge in [0.1, 0.15) is 0 Å². The molecule has 3 nitrogen and oxygen atoms in total. The summed E-state index contributed by atoms with van der Waals surface area (Å²) in [6, 6.07) is 9.98. The van der Waals surface area contributed by atoms with Gasteiger partial charge in [-0.1, -0.05) is 30.3 Å². The van der Waals surface area contributed by atoms with Gasteiger partial charge >= 0.3 is 0 Å². The number of nitrogen functional groups attached to an aromatic ring is 1. The van der Waals surface area contributed by atoms with E-state index in [2.05, 4.69) is 32.6 Å². The Bertz CT molecular complexity index is 483. The highest BCUT2D eigenvalue weighted by molar-refractivity contribution is 14.1. The van der Waals surface area contributed by atoms with E-state index in [1.807, 2.05) is 37.3 Å². The average molecular weight is 311 g/mol. The maximum Gasteiger partial charge on any atom is 0.220 e. The second kappa shape index (κ2) is 4.14. The Balaban J connectivity index is 2.63. The molecule has 1 aromatic heterocycles. The van der Waals surface area contributed by atoms with Crippen molar-refractivity contribution in [2.45, 2.75) is 6.92 Å². The summed E-state index contributed by atoms with van der Waals surface area (Å²) in [5, 5.41) is 0. The van der Waals surface area contributed by atoms with Crippen molar-refractivity contribution < 1.29 is 0 Å². The van der Waals surface area contributed by atoms with E-state index >= 15 is 0 Å². The molecule has 2 rings (SSSR count). The number of benzene rings is 1. The quantitative estimate of drug-likeness (QED) is 0.824. The first-order valence-corrected chi connectivity index (χ1v) is 5.61. The molecule has 2 aromatic rings. The minimum atomic E-state index is 0.326. The lowest BCUT2D eigenvalue weighted by Gasteiger charge is -2.06. The number of aryl methyl sites for hydroxylation is 1. The summed E-state index contributed by atoms with van der Waals surface area (Å²) < 4.78 is 1.05. The van der Waals surface area contributed by atoms with Crippen molar-refractivity contribution in [3.05, 3.63) is 39.6 Å². The molecule has 0 atom stereocenters. The Morgan fingerprint density at radius 2 is 1.80 bits per heavy atom. The third-order valence-electron chi connectivity index (χ3n) is 2.08. The van der Waals surface area contributed by atoms with Crippen molar-refractivity contribution >= 4 is 28.5 Å². The van der Waals surface area contributed by atoms with Gasteiger partial charge in [-0.3, -0.25) is 0 Å². The van der Waals surface area contributed by atoms with Gasteiger partial charge < -0.3 is 5.73 Å². The summed E-state index contributed by atoms with van der Waals surface area (Å²) in [7, 11) is 0. The highest BCUT2D eigenvalue weighted by atomic mass is 127. The molecule has 1 heterocycles. The molecule has 0 bridgehead atoms. The number of hydrogen-bond acceptors (Lipinski definition) is 3. The maximum absolute atomic E-state index is 5.64. The fourth-order valence-corrected chi connectivity index (χ4v) is 1.92. The molecule has 0 aliphatic heterocycles. The van der Waals surface area contributed by atoms with Crippen LogP contribution in [0.5, 0.6) is 0 Å². The molecule has 0 saturated carbocycles. The summed E-state index contributed by atoms with van der Waals surface area (Å²) in [6.07, 6.45) is 0. The fraction of sp³-hybridized carbons (Fsp3) is 0.0909. The molecule has 2 N–H and O–H groups in total. The van der Waals surface area contributed by atoms with Crippen molar-refractivity contribution in [2.24, 2.45) is 0 Å². The van der Waals surface area contributed by atoms with Gasteiger partial charge in [0, 0.05) is 5.56 Å². The first-order valence-electron chi connectivity index (χ1n) is 4.53. The van der Waals surface area contributed by atoms with E-state index in [1.54, 1.807) is 0 Å². The topological polar surface area (TPSA) is 51.8 Å². The van der Waals surface area contributed by atoms with E-state index in [1.165, 1.54) is 0 Å². The highest BCUT2D eigenvalue weighted by Crippen LogP contribution is 2.25. The molecular weight excluding hydrogens is 301 g/mol. The van der Waals surface area contributed by atoms with Crippen molar-refractivity contribution in [1.82, 2.24) is 9.97 Å². The van der Waals surface area contributed by atoms with Crippen molar-refractivity contribution in [3.63, 3.8) is 0 Å². The minimum Gasteiger partial charge on any atom is -0.368 e. The molecule has 4 heteroatoms. The van der Waals surface area contributed by atoms with Crippen LogP contribution in [0.25, 0.3) is 11.3 Å². The second-order valence-electron chi connectivity index (χ2n) is 3.20. The van der Waals surface area contributed by atoms with Crippen LogP contribution in [0.2, 0.25) is 0 Å². The number of nitrogens with two attached hydrogens (primary N) is 1. The summed E-state index contributed by atoms with van der Waals surface area (Å²) in [5.41, 5.74) is 8.53. The molecule has 0 aliphatic carbocycles. The lowest BCUT2D eigenvalue weighted by atomic mass is 10.1. The normalized spacial score (nSPS) is 10.3. The zero-order chi connectivity index (χ0) is 10.8. The minimum absolute atomic E-state index is 0.326. The number of halogens is 1. The molecule has 0 fully saturated rings. The Kier molecular flexibility index (Phi) is 2.86. The van der Waals surface area contributed by atoms with Crippen molar-refractivity contribution in [2.75, 3.05) is 5.73 Å². The Morgan fingerprint density at radius 1 is 1.13 bits per heavy atom. The van der Waals surface area contributed by atoms with E-state index in [-0.39, 0.29) is 0 Å². The van der Waals surface area contributed by atoms with Crippen LogP contribution in [-0.4, -0.2) is 9.97 Å². The van der Waals surface area contributed by atoms with Gasteiger partial charge in [-0.25, -0.2) is 9.97 Å². The number of hydrogen-bond donors (Lipinski definition) is 1. The molecular formula is C11H10IN3. The van der Waals surface area contributed by atoms with Crippen LogP contribution in [-0.2, 0) is 0 Å². The number of rotatable bonds is 1. The van der Waals surface area contributed by atoms with Gasteiger partial charge in [-0.05, 0) is 29.5 Å². The summed E-state index contributed by atoms with van der Waals surface area (Å²) in [6.45, 7) is 1.94. The molecule has 0 radical (unpaired) electrons. The second-order valence-corrected chi connectivity index (χ2v) is 4.27. The number of nitrogens with zero attached hydrogens (tertiary/aromatic N) is 2. The van der Waals surface area contributed by atoms with Crippen molar-refractivity contribution in [3.8, 4) is 11.3 Å². The fourth-order valence-electron chi connectivity index (χ4n) is 1.37. The SMILES string of the molecule is Cc1nc(N)nc(-c2ccccc2)c1I. The third-order valence-corrected chi connectivity index (χ3v) is 3.37. The molecule has 0 spiro atoms. The number of aromatic nitrogens is 2. The number of anilines is 1. The van der Waals surface area contributed by atoms with E-state index in [0.29, 0.717) is 5.95 Å². The van der Waals surface area contributed by atoms with Crippen LogP contribution < -0.4 is 5.73 Å². The Hall–Kier alpha value is -1.17. The van der Waals surface area contributed by atoms with Crippen LogP contribution in [0.3, 0.4) is 0 Å². The van der Waals surface area contributed by atoms with E-state index in [0.717, 1.165) is 20.5 Å².